The SMILES string of the molecule is CC(C)COc1ccc(C(=O)Oc2cccc(C(=O)OCCOc3ccccc3)c2)cc1. The molecule has 3 rings (SSSR count). The Labute approximate surface area is 187 Å². The van der Waals surface area contributed by atoms with Crippen LogP contribution in [0.1, 0.15) is 34.6 Å². The van der Waals surface area contributed by atoms with Gasteiger partial charge in [-0.2, -0.15) is 0 Å². The number of carbonyl (C=O) groups is 2. The Morgan fingerprint density at radius 3 is 2.09 bits per heavy atom. The molecule has 0 N–H and O–H groups in total. The van der Waals surface area contributed by atoms with Crippen molar-refractivity contribution in [2.24, 2.45) is 5.92 Å². The molecular weight excluding hydrogens is 408 g/mol. The van der Waals surface area contributed by atoms with Crippen molar-refractivity contribution in [2.75, 3.05) is 19.8 Å². The summed E-state index contributed by atoms with van der Waals surface area (Å²) in [6, 6.07) is 22.3. The summed E-state index contributed by atoms with van der Waals surface area (Å²) < 4.78 is 21.7. The Morgan fingerprint density at radius 1 is 0.688 bits per heavy atom. The van der Waals surface area contributed by atoms with Crippen molar-refractivity contribution in [2.45, 2.75) is 13.8 Å². The number of rotatable bonds is 10. The average molecular weight is 434 g/mol. The zero-order chi connectivity index (χ0) is 22.8. The van der Waals surface area contributed by atoms with Crippen LogP contribution in [0.3, 0.4) is 0 Å². The van der Waals surface area contributed by atoms with E-state index in [2.05, 4.69) is 13.8 Å². The molecule has 0 saturated heterocycles. The number of carbonyl (C=O) groups excluding carboxylic acids is 2. The van der Waals surface area contributed by atoms with E-state index < -0.39 is 11.9 Å². The molecule has 3 aromatic carbocycles. The average Bonchev–Trinajstić information content (AvgIpc) is 2.81. The van der Waals surface area contributed by atoms with E-state index in [1.54, 1.807) is 42.5 Å². The fourth-order valence-electron chi connectivity index (χ4n) is 2.70. The molecule has 6 nitrogen and oxygen atoms in total. The molecule has 0 bridgehead atoms. The van der Waals surface area contributed by atoms with E-state index >= 15 is 0 Å². The van der Waals surface area contributed by atoms with Crippen LogP contribution in [0.5, 0.6) is 17.2 Å². The second-order valence-electron chi connectivity index (χ2n) is 7.44. The van der Waals surface area contributed by atoms with Gasteiger partial charge < -0.3 is 18.9 Å². The van der Waals surface area contributed by atoms with Crippen LogP contribution in [0.25, 0.3) is 0 Å². The van der Waals surface area contributed by atoms with Crippen LogP contribution in [0.2, 0.25) is 0 Å². The van der Waals surface area contributed by atoms with Crippen LogP contribution in [0, 0.1) is 5.92 Å². The molecule has 0 fully saturated rings. The summed E-state index contributed by atoms with van der Waals surface area (Å²) in [5.41, 5.74) is 0.667. The third kappa shape index (κ3) is 7.16. The highest BCUT2D eigenvalue weighted by molar-refractivity contribution is 5.92. The molecule has 0 aliphatic heterocycles. The summed E-state index contributed by atoms with van der Waals surface area (Å²) in [6.45, 7) is 5.07. The van der Waals surface area contributed by atoms with Crippen molar-refractivity contribution in [1.82, 2.24) is 0 Å². The summed E-state index contributed by atoms with van der Waals surface area (Å²) in [5.74, 6) is 1.02. The van der Waals surface area contributed by atoms with Crippen LogP contribution in [-0.4, -0.2) is 31.8 Å². The van der Waals surface area contributed by atoms with Crippen molar-refractivity contribution in [3.63, 3.8) is 0 Å². The van der Waals surface area contributed by atoms with Gasteiger partial charge in [0.15, 0.2) is 0 Å². The molecule has 166 valence electrons. The van der Waals surface area contributed by atoms with Gasteiger partial charge in [-0.15, -0.1) is 0 Å². The zero-order valence-electron chi connectivity index (χ0n) is 18.2. The maximum absolute atomic E-state index is 12.4. The molecule has 32 heavy (non-hydrogen) atoms. The molecular formula is C26H26O6. The minimum absolute atomic E-state index is 0.100. The Kier molecular flexibility index (Phi) is 8.26. The van der Waals surface area contributed by atoms with E-state index in [9.17, 15) is 9.59 Å². The lowest BCUT2D eigenvalue weighted by molar-refractivity contribution is 0.0449. The molecule has 0 aliphatic rings. The molecule has 0 amide bonds. The minimum Gasteiger partial charge on any atom is -0.493 e. The minimum atomic E-state index is -0.526. The maximum atomic E-state index is 12.4. The van der Waals surface area contributed by atoms with Gasteiger partial charge in [-0.1, -0.05) is 38.1 Å². The van der Waals surface area contributed by atoms with E-state index in [-0.39, 0.29) is 24.5 Å². The lowest BCUT2D eigenvalue weighted by Crippen LogP contribution is -2.13. The highest BCUT2D eigenvalue weighted by Gasteiger charge is 2.12. The number of para-hydroxylation sites is 1. The van der Waals surface area contributed by atoms with Gasteiger partial charge >= 0.3 is 11.9 Å². The van der Waals surface area contributed by atoms with Gasteiger partial charge in [0.1, 0.15) is 30.5 Å². The van der Waals surface area contributed by atoms with Gasteiger partial charge in [-0.3, -0.25) is 0 Å². The zero-order valence-corrected chi connectivity index (χ0v) is 18.2. The number of esters is 2. The fraction of sp³-hybridized carbons (Fsp3) is 0.231. The Hall–Kier alpha value is -3.80. The van der Waals surface area contributed by atoms with Gasteiger partial charge in [-0.25, -0.2) is 9.59 Å². The van der Waals surface area contributed by atoms with Gasteiger partial charge in [0.05, 0.1) is 17.7 Å². The number of hydrogen-bond acceptors (Lipinski definition) is 6. The topological polar surface area (TPSA) is 71.1 Å². The first-order valence-electron chi connectivity index (χ1n) is 10.4. The predicted molar refractivity (Wildman–Crippen MR) is 120 cm³/mol. The van der Waals surface area contributed by atoms with Crippen molar-refractivity contribution in [3.05, 3.63) is 90.0 Å². The van der Waals surface area contributed by atoms with Gasteiger partial charge in [0, 0.05) is 0 Å². The Bertz CT molecular complexity index is 1010. The quantitative estimate of drug-likeness (QED) is 0.249. The molecule has 6 heteroatoms. The molecule has 0 heterocycles. The Balaban J connectivity index is 1.50. The third-order valence-electron chi connectivity index (χ3n) is 4.28. The molecule has 0 radical (unpaired) electrons. The maximum Gasteiger partial charge on any atom is 0.343 e. The highest BCUT2D eigenvalue weighted by Crippen LogP contribution is 2.18. The fourth-order valence-corrected chi connectivity index (χ4v) is 2.70. The van der Waals surface area contributed by atoms with E-state index in [4.69, 9.17) is 18.9 Å². The van der Waals surface area contributed by atoms with Crippen LogP contribution in [0.15, 0.2) is 78.9 Å². The van der Waals surface area contributed by atoms with E-state index in [0.29, 0.717) is 29.6 Å². The third-order valence-corrected chi connectivity index (χ3v) is 4.28. The summed E-state index contributed by atoms with van der Waals surface area (Å²) >= 11 is 0. The monoisotopic (exact) mass is 434 g/mol. The highest BCUT2D eigenvalue weighted by atomic mass is 16.6. The largest absolute Gasteiger partial charge is 0.493 e. The van der Waals surface area contributed by atoms with Crippen molar-refractivity contribution in [1.29, 1.82) is 0 Å². The number of hydrogen-bond donors (Lipinski definition) is 0. The molecule has 0 aliphatic carbocycles. The second-order valence-corrected chi connectivity index (χ2v) is 7.44. The van der Waals surface area contributed by atoms with E-state index in [1.807, 2.05) is 30.3 Å². The Morgan fingerprint density at radius 2 is 1.38 bits per heavy atom. The lowest BCUT2D eigenvalue weighted by atomic mass is 10.2. The summed E-state index contributed by atoms with van der Waals surface area (Å²) in [5, 5.41) is 0. The van der Waals surface area contributed by atoms with Crippen molar-refractivity contribution in [3.8, 4) is 17.2 Å². The number of benzene rings is 3. The summed E-state index contributed by atoms with van der Waals surface area (Å²) in [6.07, 6.45) is 0. The van der Waals surface area contributed by atoms with Crippen LogP contribution >= 0.6 is 0 Å². The molecule has 0 unspecified atom stereocenters. The normalized spacial score (nSPS) is 10.5. The first kappa shape index (κ1) is 22.9. The first-order chi connectivity index (χ1) is 15.5. The molecule has 0 atom stereocenters. The molecule has 3 aromatic rings. The van der Waals surface area contributed by atoms with Crippen LogP contribution in [-0.2, 0) is 4.74 Å². The predicted octanol–water partition coefficient (Wildman–Crippen LogP) is 5.18. The summed E-state index contributed by atoms with van der Waals surface area (Å²) in [4.78, 5) is 24.7. The molecule has 0 spiro atoms. The lowest BCUT2D eigenvalue weighted by Gasteiger charge is -2.10. The smallest absolute Gasteiger partial charge is 0.343 e. The summed E-state index contributed by atoms with van der Waals surface area (Å²) in [7, 11) is 0. The van der Waals surface area contributed by atoms with E-state index in [0.717, 1.165) is 0 Å². The van der Waals surface area contributed by atoms with Gasteiger partial charge in [0.2, 0.25) is 0 Å². The molecule has 0 saturated carbocycles. The van der Waals surface area contributed by atoms with Crippen LogP contribution < -0.4 is 14.2 Å². The van der Waals surface area contributed by atoms with Crippen molar-refractivity contribution >= 4 is 11.9 Å². The molecule has 0 aromatic heterocycles. The number of ether oxygens (including phenoxy) is 4. The second kappa shape index (κ2) is 11.6. The standard InChI is InChI=1S/C26H26O6/c1-19(2)18-31-23-13-11-20(12-14-23)26(28)32-24-10-6-7-21(17-24)25(27)30-16-15-29-22-8-4-3-5-9-22/h3-14,17,19H,15-16,18H2,1-2H3. The van der Waals surface area contributed by atoms with Crippen molar-refractivity contribution < 1.29 is 28.5 Å². The van der Waals surface area contributed by atoms with E-state index in [1.165, 1.54) is 6.07 Å². The van der Waals surface area contributed by atoms with Gasteiger partial charge in [0.25, 0.3) is 0 Å². The first-order valence-corrected chi connectivity index (χ1v) is 10.4. The van der Waals surface area contributed by atoms with Crippen LogP contribution in [0.4, 0.5) is 0 Å². The van der Waals surface area contributed by atoms with Gasteiger partial charge in [-0.05, 0) is 60.5 Å².